The molecule has 1 aliphatic rings. The standard InChI is InChI=1S/C21H26N2O4/c22-12-18-9-10-20(27-18)21(25)23-13-19(24)16-7-4-8-17(11-16)26-14-15-5-2-1-3-6-15/h1-8,11,18-20,24H,9-10,12-14,22H2,(H,23,25)/t18-,19?,20+/m1/s1. The fourth-order valence-electron chi connectivity index (χ4n) is 3.05. The smallest absolute Gasteiger partial charge is 0.249 e. The molecular weight excluding hydrogens is 344 g/mol. The van der Waals surface area contributed by atoms with Crippen molar-refractivity contribution < 1.29 is 19.4 Å². The van der Waals surface area contributed by atoms with Gasteiger partial charge in [0, 0.05) is 13.1 Å². The number of ether oxygens (including phenoxy) is 2. The predicted molar refractivity (Wildman–Crippen MR) is 102 cm³/mol. The molecule has 0 bridgehead atoms. The van der Waals surface area contributed by atoms with Crippen LogP contribution in [0, 0.1) is 0 Å². The Hall–Kier alpha value is -2.41. The second-order valence-electron chi connectivity index (χ2n) is 6.67. The minimum Gasteiger partial charge on any atom is -0.489 e. The molecule has 2 aromatic rings. The Morgan fingerprint density at radius 1 is 1.22 bits per heavy atom. The van der Waals surface area contributed by atoms with Crippen molar-refractivity contribution in [1.82, 2.24) is 5.32 Å². The Morgan fingerprint density at radius 3 is 2.78 bits per heavy atom. The number of hydrogen-bond donors (Lipinski definition) is 3. The molecule has 3 rings (SSSR count). The first-order valence-electron chi connectivity index (χ1n) is 9.23. The predicted octanol–water partition coefficient (Wildman–Crippen LogP) is 1.92. The molecule has 1 fully saturated rings. The van der Waals surface area contributed by atoms with Gasteiger partial charge in [-0.05, 0) is 36.1 Å². The van der Waals surface area contributed by atoms with Crippen LogP contribution in [0.1, 0.15) is 30.1 Å². The molecule has 1 unspecified atom stereocenters. The summed E-state index contributed by atoms with van der Waals surface area (Å²) in [6.45, 7) is 0.995. The van der Waals surface area contributed by atoms with Crippen LogP contribution in [-0.2, 0) is 16.1 Å². The van der Waals surface area contributed by atoms with Gasteiger partial charge in [0.15, 0.2) is 0 Å². The molecule has 1 heterocycles. The zero-order valence-corrected chi connectivity index (χ0v) is 15.2. The largest absolute Gasteiger partial charge is 0.489 e. The molecule has 4 N–H and O–H groups in total. The zero-order valence-electron chi connectivity index (χ0n) is 15.2. The molecule has 6 heteroatoms. The van der Waals surface area contributed by atoms with Crippen LogP contribution in [0.4, 0.5) is 0 Å². The van der Waals surface area contributed by atoms with E-state index >= 15 is 0 Å². The number of nitrogens with two attached hydrogens (primary N) is 1. The van der Waals surface area contributed by atoms with E-state index in [1.165, 1.54) is 0 Å². The summed E-state index contributed by atoms with van der Waals surface area (Å²) in [4.78, 5) is 12.2. The van der Waals surface area contributed by atoms with Gasteiger partial charge in [0.25, 0.3) is 0 Å². The van der Waals surface area contributed by atoms with Crippen LogP contribution < -0.4 is 15.8 Å². The third-order valence-corrected chi connectivity index (χ3v) is 4.62. The Morgan fingerprint density at radius 2 is 2.04 bits per heavy atom. The lowest BCUT2D eigenvalue weighted by molar-refractivity contribution is -0.132. The summed E-state index contributed by atoms with van der Waals surface area (Å²) in [5.41, 5.74) is 7.32. The highest BCUT2D eigenvalue weighted by Gasteiger charge is 2.29. The monoisotopic (exact) mass is 370 g/mol. The quantitative estimate of drug-likeness (QED) is 0.660. The highest BCUT2D eigenvalue weighted by molar-refractivity contribution is 5.81. The van der Waals surface area contributed by atoms with Crippen molar-refractivity contribution in [1.29, 1.82) is 0 Å². The lowest BCUT2D eigenvalue weighted by Gasteiger charge is -2.16. The van der Waals surface area contributed by atoms with E-state index in [1.54, 1.807) is 6.07 Å². The van der Waals surface area contributed by atoms with E-state index < -0.39 is 12.2 Å². The summed E-state index contributed by atoms with van der Waals surface area (Å²) in [6.07, 6.45) is 0.0983. The lowest BCUT2D eigenvalue weighted by Crippen LogP contribution is -2.37. The zero-order chi connectivity index (χ0) is 19.1. The molecule has 1 amide bonds. The summed E-state index contributed by atoms with van der Waals surface area (Å²) >= 11 is 0. The molecule has 1 aliphatic heterocycles. The number of hydrogen-bond acceptors (Lipinski definition) is 5. The molecule has 2 aromatic carbocycles. The van der Waals surface area contributed by atoms with Gasteiger partial charge < -0.3 is 25.6 Å². The van der Waals surface area contributed by atoms with Crippen molar-refractivity contribution in [3.63, 3.8) is 0 Å². The van der Waals surface area contributed by atoms with Crippen molar-refractivity contribution in [2.45, 2.75) is 37.8 Å². The Balaban J connectivity index is 1.49. The molecular formula is C21H26N2O4. The van der Waals surface area contributed by atoms with Gasteiger partial charge >= 0.3 is 0 Å². The summed E-state index contributed by atoms with van der Waals surface area (Å²) in [6, 6.07) is 17.1. The van der Waals surface area contributed by atoms with Gasteiger partial charge in [0.05, 0.1) is 12.2 Å². The molecule has 0 radical (unpaired) electrons. The van der Waals surface area contributed by atoms with Crippen molar-refractivity contribution >= 4 is 5.91 Å². The van der Waals surface area contributed by atoms with Gasteiger partial charge in [0.2, 0.25) is 5.91 Å². The molecule has 1 saturated heterocycles. The Kier molecular flexibility index (Phi) is 6.81. The average Bonchev–Trinajstić information content (AvgIpc) is 3.20. The summed E-state index contributed by atoms with van der Waals surface area (Å²) in [7, 11) is 0. The minimum atomic E-state index is -0.819. The van der Waals surface area contributed by atoms with E-state index in [0.717, 1.165) is 12.0 Å². The van der Waals surface area contributed by atoms with Crippen LogP contribution in [-0.4, -0.2) is 36.3 Å². The Labute approximate surface area is 159 Å². The number of carbonyl (C=O) groups is 1. The summed E-state index contributed by atoms with van der Waals surface area (Å²) in [5, 5.41) is 13.1. The minimum absolute atomic E-state index is 0.0517. The maximum Gasteiger partial charge on any atom is 0.249 e. The van der Waals surface area contributed by atoms with Crippen LogP contribution in [0.3, 0.4) is 0 Å². The number of aliphatic hydroxyl groups excluding tert-OH is 1. The fraction of sp³-hybridized carbons (Fsp3) is 0.381. The molecule has 3 atom stereocenters. The number of benzene rings is 2. The molecule has 27 heavy (non-hydrogen) atoms. The van der Waals surface area contributed by atoms with E-state index in [1.807, 2.05) is 48.5 Å². The van der Waals surface area contributed by atoms with Crippen molar-refractivity contribution in [3.05, 3.63) is 65.7 Å². The highest BCUT2D eigenvalue weighted by Crippen LogP contribution is 2.21. The van der Waals surface area contributed by atoms with Gasteiger partial charge in [0.1, 0.15) is 18.5 Å². The number of carbonyl (C=O) groups excluding carboxylic acids is 1. The van der Waals surface area contributed by atoms with Crippen LogP contribution in [0.15, 0.2) is 54.6 Å². The number of nitrogens with one attached hydrogen (secondary N) is 1. The fourth-order valence-corrected chi connectivity index (χ4v) is 3.05. The third-order valence-electron chi connectivity index (χ3n) is 4.62. The van der Waals surface area contributed by atoms with Gasteiger partial charge in [-0.15, -0.1) is 0 Å². The van der Waals surface area contributed by atoms with E-state index in [4.69, 9.17) is 15.2 Å². The second-order valence-corrected chi connectivity index (χ2v) is 6.67. The van der Waals surface area contributed by atoms with E-state index in [2.05, 4.69) is 5.32 Å². The topological polar surface area (TPSA) is 93.8 Å². The van der Waals surface area contributed by atoms with Gasteiger partial charge in [-0.2, -0.15) is 0 Å². The van der Waals surface area contributed by atoms with Crippen molar-refractivity contribution in [2.24, 2.45) is 5.73 Å². The second kappa shape index (κ2) is 9.50. The van der Waals surface area contributed by atoms with Crippen molar-refractivity contribution in [2.75, 3.05) is 13.1 Å². The van der Waals surface area contributed by atoms with Crippen LogP contribution in [0.25, 0.3) is 0 Å². The SMILES string of the molecule is NC[C@H]1CC[C@@H](C(=O)NCC(O)c2cccc(OCc3ccccc3)c2)O1. The first-order chi connectivity index (χ1) is 13.2. The molecule has 0 saturated carbocycles. The van der Waals surface area contributed by atoms with E-state index in [-0.39, 0.29) is 18.6 Å². The van der Waals surface area contributed by atoms with Gasteiger partial charge in [-0.25, -0.2) is 0 Å². The van der Waals surface area contributed by atoms with Crippen LogP contribution in [0.5, 0.6) is 5.75 Å². The first kappa shape index (κ1) is 19.4. The van der Waals surface area contributed by atoms with E-state index in [0.29, 0.717) is 30.9 Å². The molecule has 0 aromatic heterocycles. The average molecular weight is 370 g/mol. The van der Waals surface area contributed by atoms with Crippen LogP contribution in [0.2, 0.25) is 0 Å². The number of rotatable bonds is 8. The van der Waals surface area contributed by atoms with Crippen molar-refractivity contribution in [3.8, 4) is 5.75 Å². The molecule has 144 valence electrons. The molecule has 6 nitrogen and oxygen atoms in total. The lowest BCUT2D eigenvalue weighted by atomic mass is 10.1. The maximum atomic E-state index is 12.2. The third kappa shape index (κ3) is 5.53. The maximum absolute atomic E-state index is 12.2. The summed E-state index contributed by atoms with van der Waals surface area (Å²) < 4.78 is 11.3. The van der Waals surface area contributed by atoms with E-state index in [9.17, 15) is 9.90 Å². The molecule has 0 aliphatic carbocycles. The highest BCUT2D eigenvalue weighted by atomic mass is 16.5. The number of aliphatic hydroxyl groups is 1. The normalized spacial score (nSPS) is 20.2. The first-order valence-corrected chi connectivity index (χ1v) is 9.23. The Bertz CT molecular complexity index is 738. The van der Waals surface area contributed by atoms with Gasteiger partial charge in [-0.1, -0.05) is 42.5 Å². The summed E-state index contributed by atoms with van der Waals surface area (Å²) in [5.74, 6) is 0.466. The van der Waals surface area contributed by atoms with Crippen LogP contribution >= 0.6 is 0 Å². The number of amides is 1. The molecule has 0 spiro atoms. The van der Waals surface area contributed by atoms with Gasteiger partial charge in [-0.3, -0.25) is 4.79 Å².